The first-order chi connectivity index (χ1) is 20.3. The molecule has 0 saturated carbocycles. The zero-order valence-corrected chi connectivity index (χ0v) is 24.3. The van der Waals surface area contributed by atoms with Gasteiger partial charge in [-0.25, -0.2) is 0 Å². The molecule has 6 nitrogen and oxygen atoms in total. The molecule has 8 aromatic rings. The molecule has 0 aliphatic carbocycles. The predicted octanol–water partition coefficient (Wildman–Crippen LogP) is 7.87. The van der Waals surface area contributed by atoms with Gasteiger partial charge in [0, 0.05) is 43.2 Å². The van der Waals surface area contributed by atoms with E-state index in [2.05, 4.69) is 32.3 Å². The van der Waals surface area contributed by atoms with Crippen LogP contribution in [0.3, 0.4) is 0 Å². The first-order valence-electron chi connectivity index (χ1n) is 12.9. The quantitative estimate of drug-likeness (QED) is 0.174. The average Bonchev–Trinajstić information content (AvgIpc) is 3.63. The molecule has 0 N–H and O–H groups in total. The van der Waals surface area contributed by atoms with E-state index in [0.29, 0.717) is 33.6 Å². The number of pyridine rings is 1. The second-order valence-corrected chi connectivity index (χ2v) is 9.15. The number of benzene rings is 4. The minimum Gasteiger partial charge on any atom is -0.500 e. The van der Waals surface area contributed by atoms with E-state index in [1.807, 2.05) is 108 Å². The predicted molar refractivity (Wildman–Crippen MR) is 157 cm³/mol. The van der Waals surface area contributed by atoms with Crippen LogP contribution >= 0.6 is 0 Å². The SMILES string of the molecule is Fc1c[c-]c(-c2nc3nnccc3n2-c2ccccc2)c2oc3ccccc3c12.[Ir].[c-]1ccccc1-c1ccccn1. The first kappa shape index (κ1) is 27.1. The van der Waals surface area contributed by atoms with Crippen LogP contribution in [0.5, 0.6) is 0 Å². The Hall–Kier alpha value is -5.04. The van der Waals surface area contributed by atoms with Crippen LogP contribution in [0, 0.1) is 17.9 Å². The van der Waals surface area contributed by atoms with Crippen LogP contribution < -0.4 is 0 Å². The van der Waals surface area contributed by atoms with Crippen molar-refractivity contribution in [2.45, 2.75) is 0 Å². The number of imidazole rings is 1. The topological polar surface area (TPSA) is 69.6 Å². The molecular weight excluding hydrogens is 706 g/mol. The Bertz CT molecular complexity index is 2080. The summed E-state index contributed by atoms with van der Waals surface area (Å²) < 4.78 is 22.7. The molecular formula is C34H20FIrN5O-2. The molecule has 42 heavy (non-hydrogen) atoms. The largest absolute Gasteiger partial charge is 0.500 e. The normalized spacial score (nSPS) is 10.8. The fourth-order valence-corrected chi connectivity index (χ4v) is 4.82. The second kappa shape index (κ2) is 11.8. The van der Waals surface area contributed by atoms with Gasteiger partial charge in [-0.1, -0.05) is 54.1 Å². The van der Waals surface area contributed by atoms with Crippen molar-refractivity contribution >= 4 is 33.1 Å². The third-order valence-electron chi connectivity index (χ3n) is 6.64. The smallest absolute Gasteiger partial charge is 0.190 e. The fourth-order valence-electron chi connectivity index (χ4n) is 4.82. The van der Waals surface area contributed by atoms with E-state index in [1.165, 1.54) is 6.07 Å². The Morgan fingerprint density at radius 2 is 1.60 bits per heavy atom. The first-order valence-corrected chi connectivity index (χ1v) is 12.9. The summed E-state index contributed by atoms with van der Waals surface area (Å²) in [7, 11) is 0. The average molecular weight is 726 g/mol. The fraction of sp³-hybridized carbons (Fsp3) is 0. The summed E-state index contributed by atoms with van der Waals surface area (Å²) in [6.45, 7) is 0. The van der Waals surface area contributed by atoms with Crippen molar-refractivity contribution in [2.75, 3.05) is 0 Å². The summed E-state index contributed by atoms with van der Waals surface area (Å²) in [5.74, 6) is 0.187. The Morgan fingerprint density at radius 3 is 2.40 bits per heavy atom. The Balaban J connectivity index is 0.000000205. The number of fused-ring (bicyclic) bond motifs is 4. The number of aromatic nitrogens is 5. The molecule has 0 spiro atoms. The summed E-state index contributed by atoms with van der Waals surface area (Å²) in [6.07, 6.45) is 3.41. The molecule has 0 bridgehead atoms. The van der Waals surface area contributed by atoms with Crippen molar-refractivity contribution in [2.24, 2.45) is 0 Å². The van der Waals surface area contributed by atoms with Crippen molar-refractivity contribution in [3.8, 4) is 28.3 Å². The molecule has 0 saturated heterocycles. The Kier molecular flexibility index (Phi) is 7.64. The van der Waals surface area contributed by atoms with Gasteiger partial charge in [0.15, 0.2) is 5.65 Å². The van der Waals surface area contributed by atoms with Gasteiger partial charge in [-0.3, -0.25) is 9.37 Å². The Morgan fingerprint density at radius 1 is 0.786 bits per heavy atom. The van der Waals surface area contributed by atoms with Gasteiger partial charge in [0.05, 0.1) is 23.1 Å². The molecule has 0 aliphatic heterocycles. The number of nitrogens with zero attached hydrogens (tertiary/aromatic N) is 5. The van der Waals surface area contributed by atoms with Crippen molar-refractivity contribution in [1.82, 2.24) is 24.7 Å². The molecule has 8 heteroatoms. The van der Waals surface area contributed by atoms with E-state index in [9.17, 15) is 4.39 Å². The number of para-hydroxylation sites is 2. The van der Waals surface area contributed by atoms with Gasteiger partial charge in [0.25, 0.3) is 0 Å². The van der Waals surface area contributed by atoms with Crippen LogP contribution in [0.1, 0.15) is 0 Å². The van der Waals surface area contributed by atoms with Crippen LogP contribution in [0.2, 0.25) is 0 Å². The monoisotopic (exact) mass is 726 g/mol. The number of rotatable bonds is 3. The number of furan rings is 1. The van der Waals surface area contributed by atoms with Gasteiger partial charge < -0.3 is 14.0 Å². The summed E-state index contributed by atoms with van der Waals surface area (Å²) in [6, 6.07) is 40.2. The van der Waals surface area contributed by atoms with E-state index in [0.717, 1.165) is 27.8 Å². The van der Waals surface area contributed by atoms with Gasteiger partial charge in [0.1, 0.15) is 5.58 Å². The number of hydrogen-bond donors (Lipinski definition) is 0. The molecule has 4 aromatic heterocycles. The molecule has 8 rings (SSSR count). The van der Waals surface area contributed by atoms with Crippen LogP contribution in [0.25, 0.3) is 61.4 Å². The summed E-state index contributed by atoms with van der Waals surface area (Å²) in [5, 5.41) is 9.24. The van der Waals surface area contributed by atoms with Crippen molar-refractivity contribution in [3.05, 3.63) is 140 Å². The molecule has 0 aliphatic rings. The molecule has 205 valence electrons. The zero-order valence-electron chi connectivity index (χ0n) is 21.9. The van der Waals surface area contributed by atoms with E-state index in [1.54, 1.807) is 12.4 Å². The minimum atomic E-state index is -0.379. The third-order valence-corrected chi connectivity index (χ3v) is 6.64. The van der Waals surface area contributed by atoms with Crippen molar-refractivity contribution < 1.29 is 28.9 Å². The maximum absolute atomic E-state index is 14.7. The Labute approximate surface area is 253 Å². The van der Waals surface area contributed by atoms with Gasteiger partial charge >= 0.3 is 0 Å². The van der Waals surface area contributed by atoms with Crippen molar-refractivity contribution in [1.29, 1.82) is 0 Å². The molecule has 0 amide bonds. The summed E-state index contributed by atoms with van der Waals surface area (Å²) in [4.78, 5) is 8.90. The van der Waals surface area contributed by atoms with Crippen LogP contribution in [0.15, 0.2) is 126 Å². The standard InChI is InChI=1S/C23H12FN4O.C11H8N.Ir/c24-17-11-10-16(21-20(17)15-8-4-5-9-19(15)29-21)23-26-22-18(12-13-25-27-22)28(23)14-6-2-1-3-7-14;1-2-6-10(7-3-1)11-8-4-5-9-12-11;/h1-9,11-13H;1-6,8-9H;/q2*-1;. The maximum atomic E-state index is 14.7. The van der Waals surface area contributed by atoms with Crippen LogP contribution in [0.4, 0.5) is 4.39 Å². The molecule has 4 heterocycles. The second-order valence-electron chi connectivity index (χ2n) is 9.15. The number of hydrogen-bond acceptors (Lipinski definition) is 5. The summed E-state index contributed by atoms with van der Waals surface area (Å²) >= 11 is 0. The van der Waals surface area contributed by atoms with E-state index in [-0.39, 0.29) is 25.9 Å². The van der Waals surface area contributed by atoms with E-state index >= 15 is 0 Å². The van der Waals surface area contributed by atoms with Gasteiger partial charge in [-0.2, -0.15) is 5.10 Å². The molecule has 4 aromatic carbocycles. The minimum absolute atomic E-state index is 0. The van der Waals surface area contributed by atoms with Crippen LogP contribution in [-0.2, 0) is 20.1 Å². The molecule has 1 radical (unpaired) electrons. The zero-order chi connectivity index (χ0) is 27.6. The van der Waals surface area contributed by atoms with Gasteiger partial charge in [0.2, 0.25) is 0 Å². The molecule has 0 fully saturated rings. The van der Waals surface area contributed by atoms with Gasteiger partial charge in [-0.05, 0) is 41.4 Å². The van der Waals surface area contributed by atoms with Crippen molar-refractivity contribution in [3.63, 3.8) is 0 Å². The van der Waals surface area contributed by atoms with Crippen LogP contribution in [-0.4, -0.2) is 24.7 Å². The van der Waals surface area contributed by atoms with E-state index in [4.69, 9.17) is 4.42 Å². The van der Waals surface area contributed by atoms with E-state index < -0.39 is 0 Å². The number of halogens is 1. The van der Waals surface area contributed by atoms with Gasteiger partial charge in [-0.15, -0.1) is 53.1 Å². The molecule has 0 atom stereocenters. The third kappa shape index (κ3) is 4.98. The summed E-state index contributed by atoms with van der Waals surface area (Å²) in [5.41, 5.74) is 5.79. The maximum Gasteiger partial charge on any atom is 0.190 e. The molecule has 0 unspecified atom stereocenters.